The number of hydrogen-bond acceptors (Lipinski definition) is 7. The van der Waals surface area contributed by atoms with E-state index in [4.69, 9.17) is 23.7 Å². The lowest BCUT2D eigenvalue weighted by Gasteiger charge is -2.37. The van der Waals surface area contributed by atoms with E-state index in [1.807, 2.05) is 0 Å². The molecule has 0 bridgehead atoms. The molecular weight excluding hydrogens is 328 g/mol. The first kappa shape index (κ1) is 16.9. The zero-order valence-corrected chi connectivity index (χ0v) is 14.5. The van der Waals surface area contributed by atoms with E-state index in [1.54, 1.807) is 0 Å². The van der Waals surface area contributed by atoms with Crippen LogP contribution in [0.4, 0.5) is 0 Å². The van der Waals surface area contributed by atoms with Crippen molar-refractivity contribution in [3.8, 4) is 0 Å². The molecule has 3 aliphatic heterocycles. The Bertz CT molecular complexity index is 510. The van der Waals surface area contributed by atoms with Crippen LogP contribution in [0.3, 0.4) is 0 Å². The van der Waals surface area contributed by atoms with Gasteiger partial charge in [0.2, 0.25) is 5.79 Å². The molecule has 0 aromatic rings. The molecule has 0 amide bonds. The fraction of sp³-hybridized carbons (Fsp3) is 1.00. The highest BCUT2D eigenvalue weighted by molar-refractivity contribution is 5.04. The second kappa shape index (κ2) is 5.86. The molecule has 0 aromatic carbocycles. The lowest BCUT2D eigenvalue weighted by atomic mass is 9.94. The summed E-state index contributed by atoms with van der Waals surface area (Å²) in [5.74, 6) is -3.43. The summed E-state index contributed by atoms with van der Waals surface area (Å²) in [4.78, 5) is 0. The van der Waals surface area contributed by atoms with Crippen LogP contribution in [0.1, 0.15) is 64.2 Å². The van der Waals surface area contributed by atoms with Crippen molar-refractivity contribution >= 4 is 0 Å². The van der Waals surface area contributed by atoms with Gasteiger partial charge in [0.05, 0.1) is 6.61 Å². The van der Waals surface area contributed by atoms with Crippen molar-refractivity contribution in [3.05, 3.63) is 0 Å². The maximum atomic E-state index is 10.8. The van der Waals surface area contributed by atoms with Crippen LogP contribution in [0, 0.1) is 0 Å². The van der Waals surface area contributed by atoms with Gasteiger partial charge in [-0.25, -0.2) is 0 Å². The van der Waals surface area contributed by atoms with Gasteiger partial charge >= 0.3 is 0 Å². The van der Waals surface area contributed by atoms with Gasteiger partial charge in [-0.2, -0.15) is 0 Å². The number of aliphatic hydroxyl groups is 2. The largest absolute Gasteiger partial charge is 0.361 e. The van der Waals surface area contributed by atoms with E-state index in [-0.39, 0.29) is 0 Å². The molecule has 2 spiro atoms. The Hall–Kier alpha value is -0.280. The summed E-state index contributed by atoms with van der Waals surface area (Å²) >= 11 is 0. The van der Waals surface area contributed by atoms with Gasteiger partial charge in [-0.3, -0.25) is 0 Å². The molecule has 2 N–H and O–H groups in total. The molecule has 142 valence electrons. The minimum Gasteiger partial charge on any atom is -0.361 e. The zero-order valence-electron chi connectivity index (χ0n) is 14.5. The molecule has 0 unspecified atom stereocenters. The predicted octanol–water partition coefficient (Wildman–Crippen LogP) is 1.54. The van der Waals surface area contributed by atoms with Gasteiger partial charge in [-0.05, 0) is 25.7 Å². The summed E-state index contributed by atoms with van der Waals surface area (Å²) in [6.45, 7) is 0.304. The molecule has 3 heterocycles. The van der Waals surface area contributed by atoms with Crippen molar-refractivity contribution in [2.75, 3.05) is 6.61 Å². The van der Waals surface area contributed by atoms with Crippen molar-refractivity contribution in [3.63, 3.8) is 0 Å². The topological polar surface area (TPSA) is 86.6 Å². The van der Waals surface area contributed by atoms with E-state index in [2.05, 4.69) is 0 Å². The van der Waals surface area contributed by atoms with E-state index in [0.29, 0.717) is 6.61 Å². The SMILES string of the molecule is OC1(O)[C@@H]2OC3(CCCCC3)O[C@H]2O[C@H]1[C@@H]1COC2(CCCCC2)O1. The van der Waals surface area contributed by atoms with E-state index in [9.17, 15) is 10.2 Å². The van der Waals surface area contributed by atoms with Crippen LogP contribution in [0.25, 0.3) is 0 Å². The second-order valence-electron chi connectivity index (χ2n) is 8.27. The summed E-state index contributed by atoms with van der Waals surface area (Å²) in [5, 5.41) is 21.6. The van der Waals surface area contributed by atoms with E-state index in [1.165, 1.54) is 6.42 Å². The number of hydrogen-bond donors (Lipinski definition) is 2. The molecule has 2 saturated carbocycles. The standard InChI is InChI=1S/C18H28O7/c19-18(20)13(12-11-21-16(23-12)7-3-1-4-8-16)22-15-14(18)24-17(25-15)9-5-2-6-10-17/h12-15,19-20H,1-11H2/t12-,13-,14+,15+/m0/s1. The number of fused-ring (bicyclic) bond motifs is 1. The summed E-state index contributed by atoms with van der Waals surface area (Å²) in [6, 6.07) is 0. The maximum absolute atomic E-state index is 10.8. The highest BCUT2D eigenvalue weighted by Gasteiger charge is 2.67. The van der Waals surface area contributed by atoms with Crippen molar-refractivity contribution < 1.29 is 33.9 Å². The van der Waals surface area contributed by atoms with Crippen molar-refractivity contribution in [1.82, 2.24) is 0 Å². The van der Waals surface area contributed by atoms with Gasteiger partial charge in [0.15, 0.2) is 24.0 Å². The Morgan fingerprint density at radius 3 is 1.96 bits per heavy atom. The minimum atomic E-state index is -2.14. The third-order valence-corrected chi connectivity index (χ3v) is 6.48. The quantitative estimate of drug-likeness (QED) is 0.689. The molecule has 4 atom stereocenters. The van der Waals surface area contributed by atoms with Crippen LogP contribution in [0.2, 0.25) is 0 Å². The Balaban J connectivity index is 1.29. The first-order valence-corrected chi connectivity index (χ1v) is 9.80. The molecule has 5 rings (SSSR count). The van der Waals surface area contributed by atoms with E-state index in [0.717, 1.165) is 57.8 Å². The van der Waals surface area contributed by atoms with Crippen LogP contribution in [0.15, 0.2) is 0 Å². The molecular formula is C18H28O7. The number of rotatable bonds is 1. The van der Waals surface area contributed by atoms with Crippen molar-refractivity contribution in [2.24, 2.45) is 0 Å². The van der Waals surface area contributed by atoms with Crippen LogP contribution >= 0.6 is 0 Å². The normalized spacial score (nSPS) is 44.4. The third-order valence-electron chi connectivity index (χ3n) is 6.48. The van der Waals surface area contributed by atoms with Crippen LogP contribution in [0.5, 0.6) is 0 Å². The second-order valence-corrected chi connectivity index (χ2v) is 8.27. The number of ether oxygens (including phenoxy) is 5. The zero-order chi connectivity index (χ0) is 17.1. The average molecular weight is 356 g/mol. The molecule has 0 aromatic heterocycles. The molecule has 3 saturated heterocycles. The Labute approximate surface area is 147 Å². The molecule has 5 fully saturated rings. The lowest BCUT2D eigenvalue weighted by molar-refractivity contribution is -0.311. The van der Waals surface area contributed by atoms with E-state index >= 15 is 0 Å². The third kappa shape index (κ3) is 2.67. The smallest absolute Gasteiger partial charge is 0.225 e. The minimum absolute atomic E-state index is 0.304. The van der Waals surface area contributed by atoms with Gasteiger partial charge < -0.3 is 33.9 Å². The maximum Gasteiger partial charge on any atom is 0.225 e. The molecule has 2 aliphatic carbocycles. The molecule has 5 aliphatic rings. The van der Waals surface area contributed by atoms with Crippen molar-refractivity contribution in [2.45, 2.75) is 106 Å². The summed E-state index contributed by atoms with van der Waals surface area (Å²) < 4.78 is 30.0. The monoisotopic (exact) mass is 356 g/mol. The van der Waals surface area contributed by atoms with Crippen LogP contribution < -0.4 is 0 Å². The molecule has 0 radical (unpaired) electrons. The van der Waals surface area contributed by atoms with Crippen LogP contribution in [-0.2, 0) is 23.7 Å². The molecule has 7 nitrogen and oxygen atoms in total. The van der Waals surface area contributed by atoms with Gasteiger partial charge in [0.25, 0.3) is 0 Å². The first-order valence-electron chi connectivity index (χ1n) is 9.80. The average Bonchev–Trinajstić information content (AvgIpc) is 3.22. The lowest BCUT2D eigenvalue weighted by Crippen LogP contribution is -2.54. The van der Waals surface area contributed by atoms with Gasteiger partial charge in [0.1, 0.15) is 12.2 Å². The highest BCUT2D eigenvalue weighted by Crippen LogP contribution is 2.50. The van der Waals surface area contributed by atoms with Gasteiger partial charge in [-0.1, -0.05) is 12.8 Å². The Kier molecular flexibility index (Phi) is 3.95. The van der Waals surface area contributed by atoms with Crippen LogP contribution in [-0.4, -0.2) is 58.8 Å². The summed E-state index contributed by atoms with van der Waals surface area (Å²) in [5.41, 5.74) is 0. The summed E-state index contributed by atoms with van der Waals surface area (Å²) in [7, 11) is 0. The first-order chi connectivity index (χ1) is 12.0. The Morgan fingerprint density at radius 1 is 0.680 bits per heavy atom. The fourth-order valence-corrected chi connectivity index (χ4v) is 5.15. The fourth-order valence-electron chi connectivity index (χ4n) is 5.15. The van der Waals surface area contributed by atoms with E-state index < -0.39 is 42.0 Å². The predicted molar refractivity (Wildman–Crippen MR) is 84.2 cm³/mol. The van der Waals surface area contributed by atoms with Gasteiger partial charge in [-0.15, -0.1) is 0 Å². The molecule has 25 heavy (non-hydrogen) atoms. The highest BCUT2D eigenvalue weighted by atomic mass is 16.9. The van der Waals surface area contributed by atoms with Crippen molar-refractivity contribution in [1.29, 1.82) is 0 Å². The van der Waals surface area contributed by atoms with Gasteiger partial charge in [0, 0.05) is 25.7 Å². The molecule has 7 heteroatoms. The summed E-state index contributed by atoms with van der Waals surface area (Å²) in [6.07, 6.45) is 6.68. The Morgan fingerprint density at radius 2 is 1.32 bits per heavy atom.